The zero-order valence-electron chi connectivity index (χ0n) is 16.6. The molecule has 3 aromatic rings. The highest BCUT2D eigenvalue weighted by molar-refractivity contribution is 7.89. The first kappa shape index (κ1) is 21.5. The van der Waals surface area contributed by atoms with E-state index < -0.39 is 27.4 Å². The van der Waals surface area contributed by atoms with Crippen molar-refractivity contribution in [1.82, 2.24) is 19.5 Å². The van der Waals surface area contributed by atoms with Gasteiger partial charge in [-0.15, -0.1) is 0 Å². The summed E-state index contributed by atoms with van der Waals surface area (Å²) in [5.41, 5.74) is -0.0697. The fourth-order valence-corrected chi connectivity index (χ4v) is 4.31. The Morgan fingerprint density at radius 1 is 1.10 bits per heavy atom. The third kappa shape index (κ3) is 4.50. The van der Waals surface area contributed by atoms with Gasteiger partial charge in [-0.3, -0.25) is 4.79 Å². The second kappa shape index (κ2) is 7.88. The number of carboxylic acids is 1. The number of nitrogens with zero attached hydrogens (tertiary/aromatic N) is 3. The van der Waals surface area contributed by atoms with Crippen LogP contribution in [0, 0.1) is 0 Å². The maximum Gasteiger partial charge on any atom is 0.315 e. The third-order valence-corrected chi connectivity index (χ3v) is 5.89. The zero-order valence-corrected chi connectivity index (χ0v) is 17.5. The predicted octanol–water partition coefficient (Wildman–Crippen LogP) is 2.27. The maximum absolute atomic E-state index is 12.4. The number of aromatic hydroxyl groups is 1. The minimum Gasteiger partial charge on any atom is -0.493 e. The summed E-state index contributed by atoms with van der Waals surface area (Å²) in [6, 6.07) is 11.2. The molecule has 1 atom stereocenters. The fourth-order valence-electron chi connectivity index (χ4n) is 2.95. The SMILES string of the molecule is CC(C)(C)NS(=O)(=O)c1ccc(-n2ncc(C(C(=O)O)c3ccccc3)c2O)nc1. The summed E-state index contributed by atoms with van der Waals surface area (Å²) in [5.74, 6) is -2.50. The number of sulfonamides is 1. The van der Waals surface area contributed by atoms with Crippen LogP contribution in [0.1, 0.15) is 37.8 Å². The van der Waals surface area contributed by atoms with E-state index in [2.05, 4.69) is 14.8 Å². The van der Waals surface area contributed by atoms with Crippen LogP contribution in [-0.4, -0.2) is 44.9 Å². The van der Waals surface area contributed by atoms with Gasteiger partial charge in [-0.25, -0.2) is 18.1 Å². The minimum absolute atomic E-state index is 0.0410. The molecule has 2 heterocycles. The lowest BCUT2D eigenvalue weighted by Gasteiger charge is -2.20. The lowest BCUT2D eigenvalue weighted by atomic mass is 9.93. The summed E-state index contributed by atoms with van der Waals surface area (Å²) in [5, 5.41) is 24.3. The van der Waals surface area contributed by atoms with Crippen molar-refractivity contribution in [3.8, 4) is 11.7 Å². The summed E-state index contributed by atoms with van der Waals surface area (Å²) < 4.78 is 28.4. The molecule has 9 nitrogen and oxygen atoms in total. The molecule has 0 saturated carbocycles. The Kier molecular flexibility index (Phi) is 5.64. The van der Waals surface area contributed by atoms with E-state index in [4.69, 9.17) is 0 Å². The molecule has 1 aromatic carbocycles. The van der Waals surface area contributed by atoms with Gasteiger partial charge >= 0.3 is 5.97 Å². The molecule has 3 rings (SSSR count). The minimum atomic E-state index is -3.76. The molecule has 0 aliphatic heterocycles. The van der Waals surface area contributed by atoms with Crippen LogP contribution in [0.2, 0.25) is 0 Å². The van der Waals surface area contributed by atoms with Gasteiger partial charge in [0, 0.05) is 11.7 Å². The number of hydrogen-bond acceptors (Lipinski definition) is 6. The average molecular weight is 430 g/mol. The van der Waals surface area contributed by atoms with Gasteiger partial charge in [0.05, 0.1) is 11.8 Å². The van der Waals surface area contributed by atoms with Crippen molar-refractivity contribution in [2.75, 3.05) is 0 Å². The van der Waals surface area contributed by atoms with E-state index in [-0.39, 0.29) is 22.2 Å². The summed E-state index contributed by atoms with van der Waals surface area (Å²) in [6.45, 7) is 5.17. The van der Waals surface area contributed by atoms with E-state index in [1.54, 1.807) is 51.1 Å². The Morgan fingerprint density at radius 2 is 1.77 bits per heavy atom. The molecule has 0 aliphatic carbocycles. The molecule has 10 heteroatoms. The van der Waals surface area contributed by atoms with Gasteiger partial charge < -0.3 is 10.2 Å². The molecule has 1 unspecified atom stereocenters. The number of rotatable bonds is 6. The molecule has 0 spiro atoms. The molecule has 0 saturated heterocycles. The monoisotopic (exact) mass is 430 g/mol. The van der Waals surface area contributed by atoms with Crippen LogP contribution in [0.5, 0.6) is 5.88 Å². The Morgan fingerprint density at radius 3 is 2.30 bits per heavy atom. The first-order chi connectivity index (χ1) is 14.0. The van der Waals surface area contributed by atoms with E-state index >= 15 is 0 Å². The predicted molar refractivity (Wildman–Crippen MR) is 109 cm³/mol. The van der Waals surface area contributed by atoms with Crippen molar-refractivity contribution < 1.29 is 23.4 Å². The summed E-state index contributed by atoms with van der Waals surface area (Å²) in [4.78, 5) is 15.9. The maximum atomic E-state index is 12.4. The smallest absolute Gasteiger partial charge is 0.315 e. The summed E-state index contributed by atoms with van der Waals surface area (Å²) >= 11 is 0. The van der Waals surface area contributed by atoms with Gasteiger partial charge in [0.25, 0.3) is 0 Å². The van der Waals surface area contributed by atoms with Crippen LogP contribution in [0.3, 0.4) is 0 Å². The molecule has 2 aromatic heterocycles. The standard InChI is InChI=1S/C20H22N4O5S/c1-20(2,3)23-30(28,29)14-9-10-16(21-11-14)24-18(25)15(12-22-24)17(19(26)27)13-7-5-4-6-8-13/h4-12,17,23,25H,1-3H3,(H,26,27). The van der Waals surface area contributed by atoms with Gasteiger partial charge in [-0.2, -0.15) is 9.78 Å². The highest BCUT2D eigenvalue weighted by atomic mass is 32.2. The van der Waals surface area contributed by atoms with E-state index in [1.807, 2.05) is 0 Å². The number of nitrogens with one attached hydrogen (secondary N) is 1. The van der Waals surface area contributed by atoms with Crippen molar-refractivity contribution in [3.05, 3.63) is 66.0 Å². The van der Waals surface area contributed by atoms with Gasteiger partial charge in [0.1, 0.15) is 10.8 Å². The van der Waals surface area contributed by atoms with Crippen LogP contribution in [0.25, 0.3) is 5.82 Å². The van der Waals surface area contributed by atoms with Crippen LogP contribution >= 0.6 is 0 Å². The highest BCUT2D eigenvalue weighted by Crippen LogP contribution is 2.32. The average Bonchev–Trinajstić information content (AvgIpc) is 3.02. The fraction of sp³-hybridized carbons (Fsp3) is 0.250. The second-order valence-electron chi connectivity index (χ2n) is 7.72. The lowest BCUT2D eigenvalue weighted by Crippen LogP contribution is -2.40. The molecule has 0 radical (unpaired) electrons. The number of benzene rings is 1. The first-order valence-corrected chi connectivity index (χ1v) is 10.5. The Balaban J connectivity index is 1.95. The van der Waals surface area contributed by atoms with Gasteiger partial charge in [0.2, 0.25) is 15.9 Å². The Labute approximate surface area is 174 Å². The topological polar surface area (TPSA) is 134 Å². The lowest BCUT2D eigenvalue weighted by molar-refractivity contribution is -0.137. The molecular weight excluding hydrogens is 408 g/mol. The van der Waals surface area contributed by atoms with E-state index in [0.717, 1.165) is 10.9 Å². The molecule has 158 valence electrons. The van der Waals surface area contributed by atoms with Crippen molar-refractivity contribution in [1.29, 1.82) is 0 Å². The quantitative estimate of drug-likeness (QED) is 0.546. The van der Waals surface area contributed by atoms with Gasteiger partial charge in [-0.05, 0) is 38.5 Å². The van der Waals surface area contributed by atoms with Gasteiger partial charge in [0.15, 0.2) is 5.82 Å². The number of aromatic nitrogens is 3. The Hall–Kier alpha value is -3.24. The molecule has 0 fully saturated rings. The highest BCUT2D eigenvalue weighted by Gasteiger charge is 2.28. The van der Waals surface area contributed by atoms with Gasteiger partial charge in [-0.1, -0.05) is 30.3 Å². The number of aliphatic carboxylic acids is 1. The van der Waals surface area contributed by atoms with Crippen molar-refractivity contribution in [2.24, 2.45) is 0 Å². The molecule has 0 aliphatic rings. The molecule has 0 amide bonds. The van der Waals surface area contributed by atoms with E-state index in [1.165, 1.54) is 18.3 Å². The van der Waals surface area contributed by atoms with Crippen LogP contribution in [0.4, 0.5) is 0 Å². The number of pyridine rings is 1. The Bertz CT molecular complexity index is 1150. The normalized spacial score (nSPS) is 13.2. The largest absolute Gasteiger partial charge is 0.493 e. The number of hydrogen-bond donors (Lipinski definition) is 3. The van der Waals surface area contributed by atoms with Crippen molar-refractivity contribution >= 4 is 16.0 Å². The van der Waals surface area contributed by atoms with E-state index in [9.17, 15) is 23.4 Å². The van der Waals surface area contributed by atoms with Crippen LogP contribution < -0.4 is 4.72 Å². The third-order valence-electron chi connectivity index (χ3n) is 4.15. The summed E-state index contributed by atoms with van der Waals surface area (Å²) in [7, 11) is -3.76. The second-order valence-corrected chi connectivity index (χ2v) is 9.41. The van der Waals surface area contributed by atoms with Crippen molar-refractivity contribution in [3.63, 3.8) is 0 Å². The molecule has 3 N–H and O–H groups in total. The molecular formula is C20H22N4O5S. The molecule has 0 bridgehead atoms. The van der Waals surface area contributed by atoms with Crippen LogP contribution in [-0.2, 0) is 14.8 Å². The van der Waals surface area contributed by atoms with E-state index in [0.29, 0.717) is 5.56 Å². The number of carboxylic acid groups (broad SMARTS) is 1. The summed E-state index contributed by atoms with van der Waals surface area (Å²) in [6.07, 6.45) is 2.41. The molecule has 30 heavy (non-hydrogen) atoms. The first-order valence-electron chi connectivity index (χ1n) is 9.04. The van der Waals surface area contributed by atoms with Crippen LogP contribution in [0.15, 0.2) is 59.8 Å². The zero-order chi connectivity index (χ0) is 22.1. The van der Waals surface area contributed by atoms with Crippen molar-refractivity contribution in [2.45, 2.75) is 37.1 Å². The number of carbonyl (C=O) groups is 1.